The molecule has 2 N–H and O–H groups in total. The molecule has 0 aliphatic heterocycles. The lowest BCUT2D eigenvalue weighted by molar-refractivity contribution is -0.119. The maximum Gasteiger partial charge on any atom is 0.253 e. The number of hydrogen-bond donors (Lipinski definition) is 2. The zero-order valence-electron chi connectivity index (χ0n) is 8.80. The number of nitrogens with one attached hydrogen (secondary N) is 2. The summed E-state index contributed by atoms with van der Waals surface area (Å²) in [6, 6.07) is 4.51. The summed E-state index contributed by atoms with van der Waals surface area (Å²) in [5.41, 5.74) is 0.222. The van der Waals surface area contributed by atoms with E-state index >= 15 is 0 Å². The van der Waals surface area contributed by atoms with Crippen LogP contribution in [0.4, 0.5) is 0 Å². The highest BCUT2D eigenvalue weighted by Gasteiger charge is 2.11. The van der Waals surface area contributed by atoms with E-state index in [-0.39, 0.29) is 29.5 Å². The summed E-state index contributed by atoms with van der Waals surface area (Å²) in [5.74, 6) is -0.844. The van der Waals surface area contributed by atoms with Gasteiger partial charge in [0.05, 0.1) is 25.0 Å². The van der Waals surface area contributed by atoms with Crippen molar-refractivity contribution in [3.63, 3.8) is 0 Å². The molecule has 0 aliphatic rings. The Morgan fingerprint density at radius 1 is 1.24 bits per heavy atom. The average molecular weight is 271 g/mol. The SMILES string of the molecule is [B]CNC(=O)CNC(=O)c1cc(Cl)ccc1Cl. The number of benzene rings is 1. The van der Waals surface area contributed by atoms with Gasteiger partial charge in [0.2, 0.25) is 5.91 Å². The van der Waals surface area contributed by atoms with E-state index in [0.717, 1.165) is 0 Å². The molecule has 17 heavy (non-hydrogen) atoms. The van der Waals surface area contributed by atoms with Crippen LogP contribution in [0, 0.1) is 0 Å². The maximum absolute atomic E-state index is 11.7. The Kier molecular flexibility index (Phi) is 5.32. The van der Waals surface area contributed by atoms with E-state index in [0.29, 0.717) is 5.02 Å². The van der Waals surface area contributed by atoms with Gasteiger partial charge in [0.1, 0.15) is 0 Å². The third-order valence-corrected chi connectivity index (χ3v) is 2.45. The Labute approximate surface area is 110 Å². The van der Waals surface area contributed by atoms with Crippen LogP contribution < -0.4 is 10.6 Å². The molecule has 1 aromatic carbocycles. The molecule has 0 atom stereocenters. The first-order chi connectivity index (χ1) is 8.04. The summed E-state index contributed by atoms with van der Waals surface area (Å²) in [6.45, 7) is -0.168. The smallest absolute Gasteiger partial charge is 0.253 e. The molecule has 0 aliphatic carbocycles. The highest BCUT2D eigenvalue weighted by molar-refractivity contribution is 6.35. The van der Waals surface area contributed by atoms with Crippen molar-refractivity contribution in [3.05, 3.63) is 33.8 Å². The first-order valence-corrected chi connectivity index (χ1v) is 5.50. The zero-order valence-corrected chi connectivity index (χ0v) is 10.3. The second kappa shape index (κ2) is 6.52. The molecular weight excluding hydrogens is 262 g/mol. The van der Waals surface area contributed by atoms with Crippen molar-refractivity contribution in [2.45, 2.75) is 0 Å². The van der Waals surface area contributed by atoms with Crippen molar-refractivity contribution >= 4 is 42.9 Å². The highest BCUT2D eigenvalue weighted by Crippen LogP contribution is 2.20. The van der Waals surface area contributed by atoms with Gasteiger partial charge in [0.25, 0.3) is 5.91 Å². The van der Waals surface area contributed by atoms with Gasteiger partial charge in [0, 0.05) is 5.02 Å². The molecule has 2 radical (unpaired) electrons. The van der Waals surface area contributed by atoms with Crippen LogP contribution in [0.1, 0.15) is 10.4 Å². The zero-order chi connectivity index (χ0) is 12.8. The first-order valence-electron chi connectivity index (χ1n) is 4.74. The fourth-order valence-corrected chi connectivity index (χ4v) is 1.48. The third-order valence-electron chi connectivity index (χ3n) is 1.88. The van der Waals surface area contributed by atoms with Crippen LogP contribution in [0.5, 0.6) is 0 Å². The van der Waals surface area contributed by atoms with Gasteiger partial charge in [-0.2, -0.15) is 0 Å². The minimum atomic E-state index is -0.468. The molecule has 1 rings (SSSR count). The molecule has 0 aromatic heterocycles. The average Bonchev–Trinajstić information content (AvgIpc) is 2.29. The summed E-state index contributed by atoms with van der Waals surface area (Å²) in [6.07, 6.45) is 0.0205. The van der Waals surface area contributed by atoms with E-state index in [9.17, 15) is 9.59 Å². The summed E-state index contributed by atoms with van der Waals surface area (Å²) in [5, 5.41) is 5.41. The van der Waals surface area contributed by atoms with Crippen LogP contribution in [0.2, 0.25) is 10.0 Å². The summed E-state index contributed by atoms with van der Waals surface area (Å²) < 4.78 is 0. The lowest BCUT2D eigenvalue weighted by atomic mass is 10.2. The van der Waals surface area contributed by atoms with E-state index in [2.05, 4.69) is 10.6 Å². The first kappa shape index (κ1) is 13.9. The summed E-state index contributed by atoms with van der Waals surface area (Å²) in [7, 11) is 5.11. The normalized spacial score (nSPS) is 9.76. The quantitative estimate of drug-likeness (QED) is 0.801. The van der Waals surface area contributed by atoms with Gasteiger partial charge >= 0.3 is 0 Å². The van der Waals surface area contributed by atoms with Crippen LogP contribution in [0.15, 0.2) is 18.2 Å². The summed E-state index contributed by atoms with van der Waals surface area (Å²) >= 11 is 11.6. The highest BCUT2D eigenvalue weighted by atomic mass is 35.5. The number of halogens is 2. The molecule has 2 amide bonds. The Morgan fingerprint density at radius 2 is 1.94 bits per heavy atom. The van der Waals surface area contributed by atoms with Crippen LogP contribution in [-0.2, 0) is 4.79 Å². The molecule has 0 saturated heterocycles. The van der Waals surface area contributed by atoms with Crippen molar-refractivity contribution in [1.82, 2.24) is 10.6 Å². The monoisotopic (exact) mass is 270 g/mol. The Balaban J connectivity index is 2.64. The number of amides is 2. The molecule has 0 bridgehead atoms. The van der Waals surface area contributed by atoms with Crippen LogP contribution in [0.25, 0.3) is 0 Å². The van der Waals surface area contributed by atoms with Crippen molar-refractivity contribution in [2.24, 2.45) is 0 Å². The molecule has 0 fully saturated rings. The molecule has 0 saturated carbocycles. The maximum atomic E-state index is 11.7. The van der Waals surface area contributed by atoms with E-state index in [1.165, 1.54) is 12.1 Å². The number of hydrogen-bond acceptors (Lipinski definition) is 2. The number of carbonyl (C=O) groups excluding carboxylic acids is 2. The summed E-state index contributed by atoms with van der Waals surface area (Å²) in [4.78, 5) is 22.7. The van der Waals surface area contributed by atoms with E-state index in [4.69, 9.17) is 31.0 Å². The molecule has 0 spiro atoms. The standard InChI is InChI=1S/C10H9BCl2N2O2/c11-5-15-9(16)4-14-10(17)7-3-6(12)1-2-8(7)13/h1-3H,4-5H2,(H,14,17)(H,15,16). The van der Waals surface area contributed by atoms with Crippen LogP contribution in [0.3, 0.4) is 0 Å². The second-order valence-corrected chi connectivity index (χ2v) is 3.95. The van der Waals surface area contributed by atoms with Crippen LogP contribution >= 0.6 is 23.2 Å². The van der Waals surface area contributed by atoms with Gasteiger partial charge in [-0.05, 0) is 24.6 Å². The Bertz CT molecular complexity index is 440. The second-order valence-electron chi connectivity index (χ2n) is 3.11. The van der Waals surface area contributed by atoms with E-state index in [1.54, 1.807) is 6.07 Å². The van der Waals surface area contributed by atoms with E-state index < -0.39 is 5.91 Å². The molecule has 7 heteroatoms. The lowest BCUT2D eigenvalue weighted by Crippen LogP contribution is -2.37. The minimum absolute atomic E-state index is 0.0205. The van der Waals surface area contributed by atoms with Gasteiger partial charge in [-0.1, -0.05) is 23.2 Å². The van der Waals surface area contributed by atoms with Crippen LogP contribution in [-0.4, -0.2) is 32.6 Å². The van der Waals surface area contributed by atoms with Gasteiger partial charge in [-0.3, -0.25) is 9.59 Å². The molecule has 4 nitrogen and oxygen atoms in total. The van der Waals surface area contributed by atoms with E-state index in [1.807, 2.05) is 0 Å². The number of carbonyl (C=O) groups is 2. The lowest BCUT2D eigenvalue weighted by Gasteiger charge is -2.07. The molecule has 88 valence electrons. The molecule has 0 heterocycles. The topological polar surface area (TPSA) is 58.2 Å². The largest absolute Gasteiger partial charge is 0.364 e. The Morgan fingerprint density at radius 3 is 2.59 bits per heavy atom. The minimum Gasteiger partial charge on any atom is -0.364 e. The molecule has 0 unspecified atom stereocenters. The van der Waals surface area contributed by atoms with Crippen molar-refractivity contribution < 1.29 is 9.59 Å². The fraction of sp³-hybridized carbons (Fsp3) is 0.200. The van der Waals surface area contributed by atoms with Crippen molar-refractivity contribution in [3.8, 4) is 0 Å². The predicted molar refractivity (Wildman–Crippen MR) is 67.6 cm³/mol. The fourth-order valence-electron chi connectivity index (χ4n) is 1.10. The predicted octanol–water partition coefficient (Wildman–Crippen LogP) is 0.965. The van der Waals surface area contributed by atoms with Gasteiger partial charge in [0.15, 0.2) is 0 Å². The Hall–Kier alpha value is -1.20. The number of rotatable bonds is 4. The molecular formula is C10H9BCl2N2O2. The third kappa shape index (κ3) is 4.28. The van der Waals surface area contributed by atoms with Gasteiger partial charge < -0.3 is 10.6 Å². The van der Waals surface area contributed by atoms with Gasteiger partial charge in [-0.25, -0.2) is 0 Å². The van der Waals surface area contributed by atoms with Crippen molar-refractivity contribution in [1.29, 1.82) is 0 Å². The van der Waals surface area contributed by atoms with Gasteiger partial charge in [-0.15, -0.1) is 0 Å². The van der Waals surface area contributed by atoms with Crippen molar-refractivity contribution in [2.75, 3.05) is 13.0 Å². The molecule has 1 aromatic rings.